The number of halogens is 2. The van der Waals surface area contributed by atoms with E-state index >= 15 is 0 Å². The van der Waals surface area contributed by atoms with Crippen LogP contribution in [-0.2, 0) is 40.4 Å². The lowest BCUT2D eigenvalue weighted by atomic mass is 9.99. The lowest BCUT2D eigenvalue weighted by Gasteiger charge is -2.33. The van der Waals surface area contributed by atoms with Crippen LogP contribution in [0.1, 0.15) is 54.1 Å². The number of benzene rings is 2. The number of hydrogen-bond acceptors (Lipinski definition) is 6. The lowest BCUT2D eigenvalue weighted by Crippen LogP contribution is -2.44. The van der Waals surface area contributed by atoms with Gasteiger partial charge in [0, 0.05) is 84.2 Å². The third-order valence-corrected chi connectivity index (χ3v) is 9.44. The van der Waals surface area contributed by atoms with E-state index in [1.54, 1.807) is 0 Å². The number of primary amides is 1. The van der Waals surface area contributed by atoms with Crippen molar-refractivity contribution in [2.24, 2.45) is 5.73 Å². The smallest absolute Gasteiger partial charge is 0.311 e. The monoisotopic (exact) mass is 648 g/mol. The van der Waals surface area contributed by atoms with Crippen molar-refractivity contribution in [2.45, 2.75) is 64.3 Å². The summed E-state index contributed by atoms with van der Waals surface area (Å²) in [7, 11) is 0. The van der Waals surface area contributed by atoms with Gasteiger partial charge in [-0.25, -0.2) is 0 Å². The molecule has 1 saturated carbocycles. The zero-order valence-corrected chi connectivity index (χ0v) is 27.0. The Kier molecular flexibility index (Phi) is 9.78. The third-order valence-electron chi connectivity index (χ3n) is 8.74. The molecule has 2 aliphatic heterocycles. The van der Waals surface area contributed by atoms with E-state index in [1.165, 1.54) is 17.7 Å². The Morgan fingerprint density at radius 1 is 1.09 bits per heavy atom. The second-order valence-corrected chi connectivity index (χ2v) is 12.9. The summed E-state index contributed by atoms with van der Waals surface area (Å²) in [6, 6.07) is 12.5. The molecule has 1 saturated heterocycles. The molecule has 45 heavy (non-hydrogen) atoms. The molecule has 6 rings (SSSR count). The zero-order valence-electron chi connectivity index (χ0n) is 25.5. The van der Waals surface area contributed by atoms with Gasteiger partial charge in [0.25, 0.3) is 0 Å². The molecule has 3 aliphatic rings. The molecule has 2 fully saturated rings. The Balaban J connectivity index is 1.27. The van der Waals surface area contributed by atoms with Gasteiger partial charge in [0.05, 0.1) is 30.5 Å². The first-order valence-electron chi connectivity index (χ1n) is 15.6. The minimum Gasteiger partial charge on any atom is -0.379 e. The molecule has 0 bridgehead atoms. The van der Waals surface area contributed by atoms with Crippen molar-refractivity contribution in [2.75, 3.05) is 32.8 Å². The van der Waals surface area contributed by atoms with Crippen LogP contribution in [0.2, 0.25) is 10.0 Å². The lowest BCUT2D eigenvalue weighted by molar-refractivity contribution is -0.144. The summed E-state index contributed by atoms with van der Waals surface area (Å²) in [6.07, 6.45) is 3.93. The molecule has 3 N–H and O–H groups in total. The molecule has 11 heteroatoms. The number of fused-ring (bicyclic) bond motifs is 1. The fourth-order valence-electron chi connectivity index (χ4n) is 5.99. The topological polar surface area (TPSA) is 106 Å². The first-order chi connectivity index (χ1) is 21.8. The Labute approximate surface area is 274 Å². The summed E-state index contributed by atoms with van der Waals surface area (Å²) in [5, 5.41) is 9.82. The van der Waals surface area contributed by atoms with Gasteiger partial charge in [0.15, 0.2) is 0 Å². The number of nitrogens with two attached hydrogens (primary N) is 1. The highest BCUT2D eigenvalue weighted by Crippen LogP contribution is 2.32. The first-order valence-corrected chi connectivity index (χ1v) is 16.3. The number of aryl methyl sites for hydroxylation is 1. The number of carbonyl (C=O) groups is 2. The van der Waals surface area contributed by atoms with Gasteiger partial charge in [-0.05, 0) is 62.1 Å². The highest BCUT2D eigenvalue weighted by molar-refractivity contribution is 6.34. The fraction of sp³-hybridized carbons (Fsp3) is 0.441. The van der Waals surface area contributed by atoms with Crippen molar-refractivity contribution in [1.82, 2.24) is 24.9 Å². The quantitative estimate of drug-likeness (QED) is 0.283. The largest absolute Gasteiger partial charge is 0.379 e. The number of aromatic nitrogens is 2. The number of carbonyl (C=O) groups excluding carboxylic acids is 2. The van der Waals surface area contributed by atoms with Gasteiger partial charge in [-0.2, -0.15) is 5.10 Å². The van der Waals surface area contributed by atoms with Crippen molar-refractivity contribution >= 4 is 35.0 Å². The molecule has 236 valence electrons. The van der Waals surface area contributed by atoms with E-state index in [4.69, 9.17) is 38.8 Å². The van der Waals surface area contributed by atoms with Crippen LogP contribution in [0.25, 0.3) is 11.3 Å². The number of rotatable bonds is 8. The van der Waals surface area contributed by atoms with Crippen LogP contribution in [0.4, 0.5) is 0 Å². The molecule has 2 aromatic carbocycles. The zero-order chi connectivity index (χ0) is 31.5. The Hall–Kier alpha value is -3.39. The van der Waals surface area contributed by atoms with Crippen molar-refractivity contribution in [1.29, 1.82) is 0 Å². The summed E-state index contributed by atoms with van der Waals surface area (Å²) >= 11 is 13.1. The van der Waals surface area contributed by atoms with Crippen LogP contribution in [0.15, 0.2) is 36.4 Å². The minimum absolute atomic E-state index is 0.263. The van der Waals surface area contributed by atoms with E-state index < -0.39 is 11.8 Å². The molecule has 9 nitrogen and oxygen atoms in total. The number of nitrogens with zero attached hydrogens (tertiary/aromatic N) is 4. The number of ether oxygens (including phenoxy) is 1. The van der Waals surface area contributed by atoms with Crippen LogP contribution in [0, 0.1) is 11.8 Å². The van der Waals surface area contributed by atoms with Crippen LogP contribution >= 0.6 is 23.2 Å². The number of hydrogen-bond donors (Lipinski definition) is 2. The summed E-state index contributed by atoms with van der Waals surface area (Å²) in [5.41, 5.74) is 11.5. The van der Waals surface area contributed by atoms with Gasteiger partial charge in [0.2, 0.25) is 0 Å². The molecular formula is C34H38Cl2N6O3. The molecule has 3 heterocycles. The maximum Gasteiger partial charge on any atom is 0.311 e. The molecule has 3 aromatic rings. The molecule has 2 amide bonds. The van der Waals surface area contributed by atoms with Crippen LogP contribution in [0.3, 0.4) is 0 Å². The second-order valence-electron chi connectivity index (χ2n) is 12.1. The van der Waals surface area contributed by atoms with Gasteiger partial charge < -0.3 is 20.7 Å². The van der Waals surface area contributed by atoms with Gasteiger partial charge >= 0.3 is 11.8 Å². The van der Waals surface area contributed by atoms with Gasteiger partial charge in [0.1, 0.15) is 0 Å². The second kappa shape index (κ2) is 13.9. The molecule has 0 unspecified atom stereocenters. The molecule has 1 atom stereocenters. The van der Waals surface area contributed by atoms with Crippen LogP contribution in [0.5, 0.6) is 0 Å². The van der Waals surface area contributed by atoms with Crippen molar-refractivity contribution in [3.63, 3.8) is 0 Å². The van der Waals surface area contributed by atoms with Crippen molar-refractivity contribution in [3.05, 3.63) is 74.4 Å². The molecule has 0 spiro atoms. The first kappa shape index (κ1) is 31.6. The summed E-state index contributed by atoms with van der Waals surface area (Å²) in [6.45, 7) is 7.71. The summed E-state index contributed by atoms with van der Waals surface area (Å²) in [4.78, 5) is 28.2. The highest BCUT2D eigenvalue weighted by Gasteiger charge is 2.30. The Bertz CT molecular complexity index is 1660. The normalized spacial score (nSPS) is 18.3. The van der Waals surface area contributed by atoms with E-state index in [1.807, 2.05) is 36.4 Å². The highest BCUT2D eigenvalue weighted by atomic mass is 35.5. The minimum atomic E-state index is -0.954. The molecule has 1 aromatic heterocycles. The van der Waals surface area contributed by atoms with Crippen LogP contribution in [-0.4, -0.2) is 76.3 Å². The van der Waals surface area contributed by atoms with E-state index in [9.17, 15) is 9.59 Å². The SMILES string of the molecule is C[C@H]1COCCN1CCCn1nc(-c2ccc(Cl)c(C#Cc3ccc(Cl)c(CNC4CC4)c3)c2)c2c1CCN(C(=O)C(N)=O)C2. The summed E-state index contributed by atoms with van der Waals surface area (Å²) in [5.74, 6) is 4.86. The number of amides is 2. The average Bonchev–Trinajstić information content (AvgIpc) is 3.81. The third kappa shape index (κ3) is 7.54. The average molecular weight is 650 g/mol. The van der Waals surface area contributed by atoms with E-state index in [-0.39, 0.29) is 6.54 Å². The van der Waals surface area contributed by atoms with Crippen molar-refractivity contribution < 1.29 is 14.3 Å². The maximum absolute atomic E-state index is 12.5. The van der Waals surface area contributed by atoms with E-state index in [0.29, 0.717) is 42.2 Å². The predicted octanol–water partition coefficient (Wildman–Crippen LogP) is 3.99. The van der Waals surface area contributed by atoms with E-state index in [0.717, 1.165) is 77.9 Å². The van der Waals surface area contributed by atoms with Gasteiger partial charge in [-0.15, -0.1) is 0 Å². The van der Waals surface area contributed by atoms with Gasteiger partial charge in [-0.3, -0.25) is 19.2 Å². The van der Waals surface area contributed by atoms with Gasteiger partial charge in [-0.1, -0.05) is 41.1 Å². The maximum atomic E-state index is 12.5. The molecule has 1 aliphatic carbocycles. The van der Waals surface area contributed by atoms with Crippen molar-refractivity contribution in [3.8, 4) is 23.1 Å². The van der Waals surface area contributed by atoms with E-state index in [2.05, 4.69) is 33.7 Å². The number of nitrogens with one attached hydrogen (secondary N) is 1. The molecule has 0 radical (unpaired) electrons. The molecular weight excluding hydrogens is 611 g/mol. The predicted molar refractivity (Wildman–Crippen MR) is 175 cm³/mol. The number of morpholine rings is 1. The Morgan fingerprint density at radius 2 is 1.91 bits per heavy atom. The fourth-order valence-corrected chi connectivity index (χ4v) is 6.34. The van der Waals surface area contributed by atoms with Crippen LogP contribution < -0.4 is 11.1 Å². The standard InChI is InChI=1S/C34H38Cl2N6O3/c1-22-21-45-16-15-40(22)12-2-13-42-31-11-14-41(34(44)33(37)43)20-28(31)32(39-42)25-6-10-29(35)24(18-25)5-3-23-4-9-30(36)26(17-23)19-38-27-7-8-27/h4,6,9-10,17-18,22,27,38H,2,7-8,11-16,19-21H2,1H3,(H2,37,43)/t22-/m0/s1. The summed E-state index contributed by atoms with van der Waals surface area (Å²) < 4.78 is 7.65. The Morgan fingerprint density at radius 3 is 2.69 bits per heavy atom.